The number of hydrogen-bond acceptors (Lipinski definition) is 7. The minimum absolute atomic E-state index is 0.0240. The van der Waals surface area contributed by atoms with Crippen LogP contribution < -0.4 is 14.5 Å². The van der Waals surface area contributed by atoms with Crippen molar-refractivity contribution in [3.05, 3.63) is 94.5 Å². The van der Waals surface area contributed by atoms with Gasteiger partial charge >= 0.3 is 0 Å². The maximum absolute atomic E-state index is 13.3. The lowest BCUT2D eigenvalue weighted by Crippen LogP contribution is -2.39. The van der Waals surface area contributed by atoms with E-state index in [2.05, 4.69) is 10.5 Å². The predicted molar refractivity (Wildman–Crippen MR) is 127 cm³/mol. The number of nitrogens with one attached hydrogen (secondary N) is 1. The monoisotopic (exact) mass is 482 g/mol. The van der Waals surface area contributed by atoms with Crippen LogP contribution in [0.5, 0.6) is 5.75 Å². The van der Waals surface area contributed by atoms with Gasteiger partial charge in [-0.15, -0.1) is 0 Å². The highest BCUT2D eigenvalue weighted by atomic mass is 32.2. The molecule has 0 aliphatic carbocycles. The number of nitro groups is 1. The smallest absolute Gasteiger partial charge is 0.271 e. The SMILES string of the molecule is COc1ccc(/C(C)=N\NC(=O)CN(c2cccc([N+](=O)[O-])c2)S(=O)(=O)c2ccccc2)cc1. The van der Waals surface area contributed by atoms with Gasteiger partial charge in [-0.25, -0.2) is 13.8 Å². The van der Waals surface area contributed by atoms with E-state index >= 15 is 0 Å². The van der Waals surface area contributed by atoms with Gasteiger partial charge in [0.2, 0.25) is 0 Å². The molecule has 0 radical (unpaired) electrons. The normalized spacial score (nSPS) is 11.5. The highest BCUT2D eigenvalue weighted by Gasteiger charge is 2.28. The zero-order chi connectivity index (χ0) is 24.7. The molecule has 3 aromatic carbocycles. The number of nitrogens with zero attached hydrogens (tertiary/aromatic N) is 3. The zero-order valence-electron chi connectivity index (χ0n) is 18.4. The topological polar surface area (TPSA) is 131 Å². The second-order valence-corrected chi connectivity index (χ2v) is 8.92. The molecular weight excluding hydrogens is 460 g/mol. The van der Waals surface area contributed by atoms with E-state index in [4.69, 9.17) is 4.74 Å². The maximum Gasteiger partial charge on any atom is 0.271 e. The Bertz CT molecular complexity index is 1310. The minimum atomic E-state index is -4.20. The van der Waals surface area contributed by atoms with E-state index in [1.165, 1.54) is 30.3 Å². The average Bonchev–Trinajstić information content (AvgIpc) is 2.86. The molecule has 0 heterocycles. The van der Waals surface area contributed by atoms with Crippen molar-refractivity contribution in [2.75, 3.05) is 18.0 Å². The van der Waals surface area contributed by atoms with Gasteiger partial charge in [-0.1, -0.05) is 24.3 Å². The quantitative estimate of drug-likeness (QED) is 0.283. The number of rotatable bonds is 9. The number of hydrazone groups is 1. The molecule has 0 unspecified atom stereocenters. The van der Waals surface area contributed by atoms with Crippen molar-refractivity contribution in [2.45, 2.75) is 11.8 Å². The van der Waals surface area contributed by atoms with Crippen LogP contribution in [0.2, 0.25) is 0 Å². The molecule has 0 bridgehead atoms. The van der Waals surface area contributed by atoms with Gasteiger partial charge in [0, 0.05) is 12.1 Å². The lowest BCUT2D eigenvalue weighted by atomic mass is 10.1. The molecule has 1 amide bonds. The molecule has 0 atom stereocenters. The number of benzene rings is 3. The van der Waals surface area contributed by atoms with Gasteiger partial charge in [0.05, 0.1) is 28.3 Å². The molecule has 0 fully saturated rings. The molecule has 176 valence electrons. The largest absolute Gasteiger partial charge is 0.497 e. The molecule has 11 heteroatoms. The van der Waals surface area contributed by atoms with Crippen LogP contribution in [0, 0.1) is 10.1 Å². The number of nitro benzene ring substituents is 1. The number of carbonyl (C=O) groups is 1. The molecule has 1 N–H and O–H groups in total. The van der Waals surface area contributed by atoms with Crippen LogP contribution in [0.25, 0.3) is 0 Å². The van der Waals surface area contributed by atoms with Gasteiger partial charge in [-0.05, 0) is 55.0 Å². The molecule has 34 heavy (non-hydrogen) atoms. The second-order valence-electron chi connectivity index (χ2n) is 7.06. The Kier molecular flexibility index (Phi) is 7.59. The van der Waals surface area contributed by atoms with Gasteiger partial charge in [-0.3, -0.25) is 19.2 Å². The number of anilines is 1. The third-order valence-corrected chi connectivity index (χ3v) is 6.59. The summed E-state index contributed by atoms with van der Waals surface area (Å²) >= 11 is 0. The fourth-order valence-corrected chi connectivity index (χ4v) is 4.44. The first-order valence-corrected chi connectivity index (χ1v) is 11.5. The zero-order valence-corrected chi connectivity index (χ0v) is 19.2. The summed E-state index contributed by atoms with van der Waals surface area (Å²) in [5.41, 5.74) is 3.24. The summed E-state index contributed by atoms with van der Waals surface area (Å²) in [7, 11) is -2.65. The summed E-state index contributed by atoms with van der Waals surface area (Å²) in [6, 6.07) is 19.6. The van der Waals surface area contributed by atoms with Gasteiger partial charge in [0.25, 0.3) is 21.6 Å². The van der Waals surface area contributed by atoms with Crippen LogP contribution in [0.4, 0.5) is 11.4 Å². The van der Waals surface area contributed by atoms with E-state index in [-0.39, 0.29) is 16.3 Å². The third kappa shape index (κ3) is 5.75. The Labute approximate surface area is 196 Å². The van der Waals surface area contributed by atoms with Crippen LogP contribution in [-0.2, 0) is 14.8 Å². The number of methoxy groups -OCH3 is 1. The number of non-ortho nitro benzene ring substituents is 1. The average molecular weight is 483 g/mol. The predicted octanol–water partition coefficient (Wildman–Crippen LogP) is 3.34. The molecule has 0 saturated carbocycles. The molecule has 0 spiro atoms. The highest BCUT2D eigenvalue weighted by molar-refractivity contribution is 7.92. The molecule has 3 rings (SSSR count). The van der Waals surface area contributed by atoms with Crippen molar-refractivity contribution in [3.63, 3.8) is 0 Å². The van der Waals surface area contributed by atoms with Gasteiger partial charge < -0.3 is 4.74 Å². The first-order valence-electron chi connectivity index (χ1n) is 10.0. The van der Waals surface area contributed by atoms with Crippen molar-refractivity contribution in [3.8, 4) is 5.75 Å². The Hall–Kier alpha value is -4.25. The number of amides is 1. The van der Waals surface area contributed by atoms with Crippen LogP contribution in [-0.4, -0.2) is 38.6 Å². The van der Waals surface area contributed by atoms with Crippen molar-refractivity contribution in [2.24, 2.45) is 5.10 Å². The van der Waals surface area contributed by atoms with Crippen molar-refractivity contribution >= 4 is 33.0 Å². The van der Waals surface area contributed by atoms with E-state index in [0.29, 0.717) is 11.5 Å². The van der Waals surface area contributed by atoms with Gasteiger partial charge in [0.1, 0.15) is 12.3 Å². The van der Waals surface area contributed by atoms with E-state index in [0.717, 1.165) is 15.9 Å². The summed E-state index contributed by atoms with van der Waals surface area (Å²) in [5.74, 6) is -0.0572. The summed E-state index contributed by atoms with van der Waals surface area (Å²) in [6.07, 6.45) is 0. The molecule has 0 aliphatic rings. The fourth-order valence-electron chi connectivity index (χ4n) is 3.01. The number of sulfonamides is 1. The maximum atomic E-state index is 13.3. The Morgan fingerprint density at radius 3 is 2.35 bits per heavy atom. The summed E-state index contributed by atoms with van der Waals surface area (Å²) < 4.78 is 32.5. The Balaban J connectivity index is 1.88. The van der Waals surface area contributed by atoms with E-state index in [1.807, 2.05) is 0 Å². The molecular formula is C23H22N4O6S. The van der Waals surface area contributed by atoms with Gasteiger partial charge in [-0.2, -0.15) is 5.10 Å². The van der Waals surface area contributed by atoms with Crippen LogP contribution in [0.1, 0.15) is 12.5 Å². The molecule has 0 saturated heterocycles. The second kappa shape index (κ2) is 10.6. The molecule has 3 aromatic rings. The summed E-state index contributed by atoms with van der Waals surface area (Å²) in [6.45, 7) is 1.04. The van der Waals surface area contributed by atoms with Crippen LogP contribution >= 0.6 is 0 Å². The van der Waals surface area contributed by atoms with Crippen molar-refractivity contribution in [1.29, 1.82) is 0 Å². The first kappa shape index (κ1) is 24.4. The molecule has 10 nitrogen and oxygen atoms in total. The third-order valence-electron chi connectivity index (χ3n) is 4.80. The fraction of sp³-hybridized carbons (Fsp3) is 0.130. The standard InChI is InChI=1S/C23H22N4O6S/c1-17(18-11-13-21(33-2)14-12-18)24-25-23(28)16-26(19-7-6-8-20(15-19)27(29)30)34(31,32)22-9-4-3-5-10-22/h3-15H,16H2,1-2H3,(H,25,28)/b24-17-. The minimum Gasteiger partial charge on any atom is -0.497 e. The Morgan fingerprint density at radius 2 is 1.74 bits per heavy atom. The van der Waals surface area contributed by atoms with E-state index in [1.54, 1.807) is 56.5 Å². The van der Waals surface area contributed by atoms with Gasteiger partial charge in [0.15, 0.2) is 0 Å². The number of hydrogen-bond donors (Lipinski definition) is 1. The number of ether oxygens (including phenoxy) is 1. The van der Waals surface area contributed by atoms with Crippen molar-refractivity contribution in [1.82, 2.24) is 5.43 Å². The highest BCUT2D eigenvalue weighted by Crippen LogP contribution is 2.26. The van der Waals surface area contributed by atoms with Crippen LogP contribution in [0.3, 0.4) is 0 Å². The van der Waals surface area contributed by atoms with E-state index < -0.39 is 27.4 Å². The molecule has 0 aromatic heterocycles. The number of carbonyl (C=O) groups excluding carboxylic acids is 1. The van der Waals surface area contributed by atoms with Crippen LogP contribution in [0.15, 0.2) is 88.9 Å². The first-order chi connectivity index (χ1) is 16.2. The Morgan fingerprint density at radius 1 is 1.06 bits per heavy atom. The van der Waals surface area contributed by atoms with Crippen molar-refractivity contribution < 1.29 is 22.9 Å². The summed E-state index contributed by atoms with van der Waals surface area (Å²) in [5, 5.41) is 15.2. The van der Waals surface area contributed by atoms with E-state index in [9.17, 15) is 23.3 Å². The summed E-state index contributed by atoms with van der Waals surface area (Å²) in [4.78, 5) is 23.2. The lowest BCUT2D eigenvalue weighted by molar-refractivity contribution is -0.384. The lowest BCUT2D eigenvalue weighted by Gasteiger charge is -2.23. The molecule has 0 aliphatic heterocycles.